The van der Waals surface area contributed by atoms with Crippen LogP contribution in [0.5, 0.6) is 5.75 Å². The van der Waals surface area contributed by atoms with E-state index in [0.717, 1.165) is 0 Å². The molecule has 2 aromatic rings. The molecule has 0 aliphatic heterocycles. The summed E-state index contributed by atoms with van der Waals surface area (Å²) in [6.45, 7) is 0. The third-order valence-corrected chi connectivity index (χ3v) is 2.49. The summed E-state index contributed by atoms with van der Waals surface area (Å²) < 4.78 is 41.0. The molecule has 5 heteroatoms. The molecule has 0 saturated carbocycles. The monoisotopic (exact) mass is 266 g/mol. The Balaban J connectivity index is 2.53. The van der Waals surface area contributed by atoms with Gasteiger partial charge in [0.2, 0.25) is 0 Å². The molecule has 0 saturated heterocycles. The Labute approximate surface area is 107 Å². The van der Waals surface area contributed by atoms with Crippen molar-refractivity contribution in [3.63, 3.8) is 0 Å². The van der Waals surface area contributed by atoms with Crippen molar-refractivity contribution in [3.8, 4) is 16.9 Å². The second kappa shape index (κ2) is 5.14. The van der Waals surface area contributed by atoms with Crippen molar-refractivity contribution in [1.29, 1.82) is 0 Å². The Morgan fingerprint density at radius 2 is 1.47 bits per heavy atom. The molecular formula is C14H9F3O2. The molecule has 0 heterocycles. The summed E-state index contributed by atoms with van der Waals surface area (Å²) in [6.07, 6.45) is -4.17. The average molecular weight is 266 g/mol. The van der Waals surface area contributed by atoms with E-state index in [1.807, 2.05) is 0 Å². The number of carbonyl (C=O) groups is 1. The van der Waals surface area contributed by atoms with E-state index in [-0.39, 0.29) is 11.3 Å². The van der Waals surface area contributed by atoms with Crippen LogP contribution in [0, 0.1) is 0 Å². The quantitative estimate of drug-likeness (QED) is 0.783. The van der Waals surface area contributed by atoms with Gasteiger partial charge >= 0.3 is 6.36 Å². The average Bonchev–Trinajstić information content (AvgIpc) is 2.37. The summed E-state index contributed by atoms with van der Waals surface area (Å²) in [5.41, 5.74) is 0.931. The molecule has 0 unspecified atom stereocenters. The van der Waals surface area contributed by atoms with Gasteiger partial charge in [0.15, 0.2) is 6.29 Å². The van der Waals surface area contributed by atoms with Gasteiger partial charge in [0, 0.05) is 11.1 Å². The lowest BCUT2D eigenvalue weighted by Crippen LogP contribution is -2.17. The highest BCUT2D eigenvalue weighted by Crippen LogP contribution is 2.34. The molecular weight excluding hydrogens is 257 g/mol. The maximum absolute atomic E-state index is 12.3. The van der Waals surface area contributed by atoms with E-state index in [9.17, 15) is 18.0 Å². The molecule has 0 aliphatic rings. The van der Waals surface area contributed by atoms with Crippen molar-refractivity contribution in [3.05, 3.63) is 54.1 Å². The lowest BCUT2D eigenvalue weighted by atomic mass is 10.00. The highest BCUT2D eigenvalue weighted by molar-refractivity contribution is 5.89. The number of alkyl halides is 3. The van der Waals surface area contributed by atoms with Crippen molar-refractivity contribution in [1.82, 2.24) is 0 Å². The summed E-state index contributed by atoms with van der Waals surface area (Å²) in [5.74, 6) is -0.329. The van der Waals surface area contributed by atoms with Crippen LogP contribution in [0.15, 0.2) is 48.5 Å². The number of aldehydes is 1. The van der Waals surface area contributed by atoms with Gasteiger partial charge in [-0.25, -0.2) is 0 Å². The summed E-state index contributed by atoms with van der Waals surface area (Å²) in [6, 6.07) is 12.1. The third kappa shape index (κ3) is 3.13. The Morgan fingerprint density at radius 1 is 0.895 bits per heavy atom. The van der Waals surface area contributed by atoms with Crippen molar-refractivity contribution in [2.75, 3.05) is 0 Å². The van der Waals surface area contributed by atoms with Crippen molar-refractivity contribution in [2.45, 2.75) is 6.36 Å². The number of rotatable bonds is 3. The second-order valence-electron chi connectivity index (χ2n) is 3.75. The number of halogens is 3. The minimum Gasteiger partial charge on any atom is -0.405 e. The van der Waals surface area contributed by atoms with Crippen LogP contribution in [0.3, 0.4) is 0 Å². The zero-order chi connectivity index (χ0) is 13.9. The zero-order valence-electron chi connectivity index (χ0n) is 9.65. The Bertz CT molecular complexity index is 591. The largest absolute Gasteiger partial charge is 0.573 e. The second-order valence-corrected chi connectivity index (χ2v) is 3.75. The van der Waals surface area contributed by atoms with Gasteiger partial charge in [0.1, 0.15) is 5.75 Å². The van der Waals surface area contributed by atoms with E-state index in [2.05, 4.69) is 4.74 Å². The Hall–Kier alpha value is -2.30. The van der Waals surface area contributed by atoms with Crippen molar-refractivity contribution >= 4 is 6.29 Å². The number of ether oxygens (including phenoxy) is 1. The van der Waals surface area contributed by atoms with Crippen molar-refractivity contribution in [2.24, 2.45) is 0 Å². The summed E-state index contributed by atoms with van der Waals surface area (Å²) in [4.78, 5) is 10.9. The van der Waals surface area contributed by atoms with Gasteiger partial charge in [-0.05, 0) is 11.6 Å². The summed E-state index contributed by atoms with van der Waals surface area (Å²) >= 11 is 0. The smallest absolute Gasteiger partial charge is 0.405 e. The number of carbonyl (C=O) groups excluding carboxylic acids is 1. The molecule has 2 rings (SSSR count). The first-order valence-corrected chi connectivity index (χ1v) is 5.40. The maximum atomic E-state index is 12.3. The molecule has 19 heavy (non-hydrogen) atoms. The molecule has 2 aromatic carbocycles. The van der Waals surface area contributed by atoms with Crippen LogP contribution in [0.2, 0.25) is 0 Å². The SMILES string of the molecule is O=Cc1ccccc1-c1ccccc1OC(F)(F)F. The minimum atomic E-state index is -4.77. The van der Waals surface area contributed by atoms with E-state index in [1.54, 1.807) is 24.3 Å². The molecule has 0 amide bonds. The van der Waals surface area contributed by atoms with E-state index >= 15 is 0 Å². The predicted octanol–water partition coefficient (Wildman–Crippen LogP) is 4.06. The summed E-state index contributed by atoms with van der Waals surface area (Å²) in [5, 5.41) is 0. The van der Waals surface area contributed by atoms with E-state index < -0.39 is 6.36 Å². The van der Waals surface area contributed by atoms with Crippen LogP contribution in [-0.4, -0.2) is 12.6 Å². The molecule has 0 N–H and O–H groups in total. The van der Waals surface area contributed by atoms with Gasteiger partial charge in [-0.2, -0.15) is 0 Å². The van der Waals surface area contributed by atoms with Crippen LogP contribution >= 0.6 is 0 Å². The first-order chi connectivity index (χ1) is 9.01. The lowest BCUT2D eigenvalue weighted by Gasteiger charge is -2.14. The molecule has 0 aromatic heterocycles. The molecule has 0 atom stereocenters. The lowest BCUT2D eigenvalue weighted by molar-refractivity contribution is -0.274. The topological polar surface area (TPSA) is 26.3 Å². The fraction of sp³-hybridized carbons (Fsp3) is 0.0714. The predicted molar refractivity (Wildman–Crippen MR) is 63.9 cm³/mol. The number of hydrogen-bond acceptors (Lipinski definition) is 2. The van der Waals surface area contributed by atoms with E-state index in [4.69, 9.17) is 0 Å². The molecule has 2 nitrogen and oxygen atoms in total. The number of hydrogen-bond donors (Lipinski definition) is 0. The number of benzene rings is 2. The van der Waals surface area contributed by atoms with Gasteiger partial charge in [-0.1, -0.05) is 42.5 Å². The Kier molecular flexibility index (Phi) is 3.55. The van der Waals surface area contributed by atoms with Crippen LogP contribution < -0.4 is 4.74 Å². The van der Waals surface area contributed by atoms with Gasteiger partial charge in [0.05, 0.1) is 0 Å². The van der Waals surface area contributed by atoms with Crippen LogP contribution in [0.1, 0.15) is 10.4 Å². The van der Waals surface area contributed by atoms with Gasteiger partial charge in [0.25, 0.3) is 0 Å². The normalized spacial score (nSPS) is 11.1. The Morgan fingerprint density at radius 3 is 2.11 bits per heavy atom. The number of para-hydroxylation sites is 1. The third-order valence-electron chi connectivity index (χ3n) is 2.49. The molecule has 0 fully saturated rings. The zero-order valence-corrected chi connectivity index (χ0v) is 9.65. The fourth-order valence-electron chi connectivity index (χ4n) is 1.75. The molecule has 0 radical (unpaired) electrons. The first kappa shape index (κ1) is 13.1. The van der Waals surface area contributed by atoms with Crippen LogP contribution in [-0.2, 0) is 0 Å². The van der Waals surface area contributed by atoms with Crippen molar-refractivity contribution < 1.29 is 22.7 Å². The first-order valence-electron chi connectivity index (χ1n) is 5.40. The van der Waals surface area contributed by atoms with Gasteiger partial charge in [-0.3, -0.25) is 4.79 Å². The standard InChI is InChI=1S/C14H9F3O2/c15-14(16,17)19-13-8-4-3-7-12(13)11-6-2-1-5-10(11)9-18/h1-9H. The van der Waals surface area contributed by atoms with Gasteiger partial charge in [-0.15, -0.1) is 13.2 Å². The van der Waals surface area contributed by atoms with Crippen LogP contribution in [0.4, 0.5) is 13.2 Å². The molecule has 0 bridgehead atoms. The highest BCUT2D eigenvalue weighted by Gasteiger charge is 2.32. The molecule has 0 aliphatic carbocycles. The molecule has 98 valence electrons. The molecule has 0 spiro atoms. The summed E-state index contributed by atoms with van der Waals surface area (Å²) in [7, 11) is 0. The van der Waals surface area contributed by atoms with E-state index in [0.29, 0.717) is 17.4 Å². The fourth-order valence-corrected chi connectivity index (χ4v) is 1.75. The van der Waals surface area contributed by atoms with Crippen LogP contribution in [0.25, 0.3) is 11.1 Å². The highest BCUT2D eigenvalue weighted by atomic mass is 19.4. The minimum absolute atomic E-state index is 0.225. The maximum Gasteiger partial charge on any atom is 0.573 e. The van der Waals surface area contributed by atoms with Gasteiger partial charge < -0.3 is 4.74 Å². The van der Waals surface area contributed by atoms with E-state index in [1.165, 1.54) is 24.3 Å².